The first-order chi connectivity index (χ1) is 10.4. The van der Waals surface area contributed by atoms with Crippen molar-refractivity contribution < 1.29 is 17.9 Å². The van der Waals surface area contributed by atoms with Crippen molar-refractivity contribution in [2.24, 2.45) is 0 Å². The van der Waals surface area contributed by atoms with Gasteiger partial charge in [0.05, 0.1) is 11.3 Å². The van der Waals surface area contributed by atoms with Gasteiger partial charge in [-0.15, -0.1) is 0 Å². The molecule has 1 aromatic rings. The second kappa shape index (κ2) is 9.58. The molecule has 0 fully saturated rings. The Morgan fingerprint density at radius 1 is 1.18 bits per heavy atom. The van der Waals surface area contributed by atoms with Gasteiger partial charge in [-0.1, -0.05) is 31.5 Å². The Kier molecular flexibility index (Phi) is 8.12. The molecule has 0 atom stereocenters. The monoisotopic (exact) mass is 327 g/mol. The minimum atomic E-state index is -3.32. The molecular weight excluding hydrogens is 302 g/mol. The van der Waals surface area contributed by atoms with Crippen LogP contribution in [0.2, 0.25) is 0 Å². The molecule has 0 spiro atoms. The molecule has 1 rings (SSSR count). The van der Waals surface area contributed by atoms with Gasteiger partial charge in [-0.3, -0.25) is 4.79 Å². The van der Waals surface area contributed by atoms with Crippen LogP contribution in [-0.2, 0) is 25.8 Å². The highest BCUT2D eigenvalue weighted by Crippen LogP contribution is 2.15. The summed E-state index contributed by atoms with van der Waals surface area (Å²) in [7, 11) is -3.32. The maximum absolute atomic E-state index is 11.9. The van der Waals surface area contributed by atoms with E-state index in [1.165, 1.54) is 6.07 Å². The van der Waals surface area contributed by atoms with E-state index in [1.807, 2.05) is 0 Å². The van der Waals surface area contributed by atoms with Gasteiger partial charge in [0.25, 0.3) is 0 Å². The topological polar surface area (TPSA) is 72.5 Å². The molecule has 0 aliphatic rings. The molecule has 0 unspecified atom stereocenters. The van der Waals surface area contributed by atoms with E-state index in [0.717, 1.165) is 32.1 Å². The maximum Gasteiger partial charge on any atom is 0.224 e. The number of benzene rings is 1. The number of hydrogen-bond donors (Lipinski definition) is 1. The van der Waals surface area contributed by atoms with Gasteiger partial charge < -0.3 is 10.1 Å². The summed E-state index contributed by atoms with van der Waals surface area (Å²) in [5.74, 6) is -0.176. The van der Waals surface area contributed by atoms with Gasteiger partial charge in [-0.05, 0) is 24.5 Å². The first-order valence-electron chi connectivity index (χ1n) is 7.57. The predicted octanol–water partition coefficient (Wildman–Crippen LogP) is 1.96. The molecule has 1 N–H and O–H groups in total. The molecule has 1 aromatic carbocycles. The number of nitrogens with one attached hydrogen (secondary N) is 1. The zero-order chi connectivity index (χ0) is 16.4. The molecule has 0 aromatic heterocycles. The van der Waals surface area contributed by atoms with E-state index in [0.29, 0.717) is 18.7 Å². The molecule has 6 heteroatoms. The summed E-state index contributed by atoms with van der Waals surface area (Å²) in [5, 5.41) is 2.79. The Labute approximate surface area is 133 Å². The van der Waals surface area contributed by atoms with Gasteiger partial charge in [0.2, 0.25) is 5.91 Å². The highest BCUT2D eigenvalue weighted by Gasteiger charge is 2.14. The SMILES string of the molecule is CCCCOCCCNC(=O)Cc1ccccc1S(C)(=O)=O. The summed E-state index contributed by atoms with van der Waals surface area (Å²) >= 11 is 0. The van der Waals surface area contributed by atoms with E-state index in [-0.39, 0.29) is 17.2 Å². The number of hydrogen-bond acceptors (Lipinski definition) is 4. The third-order valence-electron chi connectivity index (χ3n) is 3.15. The summed E-state index contributed by atoms with van der Waals surface area (Å²) in [6.07, 6.45) is 4.13. The smallest absolute Gasteiger partial charge is 0.224 e. The van der Waals surface area contributed by atoms with Crippen LogP contribution in [0.3, 0.4) is 0 Å². The third kappa shape index (κ3) is 7.04. The molecule has 0 heterocycles. The molecule has 0 aliphatic heterocycles. The van der Waals surface area contributed by atoms with Crippen LogP contribution in [0.25, 0.3) is 0 Å². The quantitative estimate of drug-likeness (QED) is 0.667. The van der Waals surface area contributed by atoms with Crippen molar-refractivity contribution in [1.29, 1.82) is 0 Å². The maximum atomic E-state index is 11.9. The summed E-state index contributed by atoms with van der Waals surface area (Å²) in [5.41, 5.74) is 0.529. The molecule has 0 saturated heterocycles. The van der Waals surface area contributed by atoms with Crippen LogP contribution < -0.4 is 5.32 Å². The van der Waals surface area contributed by atoms with Crippen LogP contribution in [0.4, 0.5) is 0 Å². The number of ether oxygens (including phenoxy) is 1. The van der Waals surface area contributed by atoms with Crippen molar-refractivity contribution in [1.82, 2.24) is 5.32 Å². The summed E-state index contributed by atoms with van der Waals surface area (Å²) in [6.45, 7) is 4.02. The molecule has 124 valence electrons. The van der Waals surface area contributed by atoms with E-state index < -0.39 is 9.84 Å². The number of amides is 1. The van der Waals surface area contributed by atoms with Crippen molar-refractivity contribution in [3.05, 3.63) is 29.8 Å². The standard InChI is InChI=1S/C16H25NO4S/c1-3-4-11-21-12-7-10-17-16(18)13-14-8-5-6-9-15(14)22(2,19)20/h5-6,8-9H,3-4,7,10-13H2,1-2H3,(H,17,18). The van der Waals surface area contributed by atoms with E-state index in [1.54, 1.807) is 18.2 Å². The van der Waals surface area contributed by atoms with Crippen LogP contribution in [0.1, 0.15) is 31.7 Å². The second-order valence-electron chi connectivity index (χ2n) is 5.23. The first kappa shape index (κ1) is 18.6. The zero-order valence-corrected chi connectivity index (χ0v) is 14.1. The highest BCUT2D eigenvalue weighted by atomic mass is 32.2. The highest BCUT2D eigenvalue weighted by molar-refractivity contribution is 7.90. The number of carbonyl (C=O) groups is 1. The van der Waals surface area contributed by atoms with Gasteiger partial charge in [0.15, 0.2) is 9.84 Å². The Morgan fingerprint density at radius 3 is 2.55 bits per heavy atom. The molecule has 0 bridgehead atoms. The normalized spacial score (nSPS) is 11.4. The summed E-state index contributed by atoms with van der Waals surface area (Å²) in [4.78, 5) is 12.1. The van der Waals surface area contributed by atoms with Crippen LogP contribution in [0, 0.1) is 0 Å². The van der Waals surface area contributed by atoms with Crippen molar-refractivity contribution in [2.75, 3.05) is 26.0 Å². The van der Waals surface area contributed by atoms with E-state index in [2.05, 4.69) is 12.2 Å². The predicted molar refractivity (Wildman–Crippen MR) is 86.6 cm³/mol. The fraction of sp³-hybridized carbons (Fsp3) is 0.562. The Bertz CT molecular complexity index is 569. The Balaban J connectivity index is 2.37. The summed E-state index contributed by atoms with van der Waals surface area (Å²) < 4.78 is 28.8. The molecule has 1 amide bonds. The lowest BCUT2D eigenvalue weighted by molar-refractivity contribution is -0.120. The first-order valence-corrected chi connectivity index (χ1v) is 9.46. The molecule has 0 saturated carbocycles. The van der Waals surface area contributed by atoms with Crippen LogP contribution in [0.15, 0.2) is 29.2 Å². The average Bonchev–Trinajstić information content (AvgIpc) is 2.46. The molecular formula is C16H25NO4S. The van der Waals surface area contributed by atoms with Crippen molar-refractivity contribution in [3.8, 4) is 0 Å². The van der Waals surface area contributed by atoms with Crippen molar-refractivity contribution >= 4 is 15.7 Å². The fourth-order valence-electron chi connectivity index (χ4n) is 2.00. The minimum absolute atomic E-state index is 0.0694. The van der Waals surface area contributed by atoms with Gasteiger partial charge in [-0.25, -0.2) is 8.42 Å². The van der Waals surface area contributed by atoms with E-state index in [9.17, 15) is 13.2 Å². The van der Waals surface area contributed by atoms with Crippen LogP contribution in [-0.4, -0.2) is 40.3 Å². The largest absolute Gasteiger partial charge is 0.381 e. The molecule has 5 nitrogen and oxygen atoms in total. The average molecular weight is 327 g/mol. The zero-order valence-electron chi connectivity index (χ0n) is 13.3. The van der Waals surface area contributed by atoms with Crippen LogP contribution >= 0.6 is 0 Å². The molecule has 22 heavy (non-hydrogen) atoms. The lowest BCUT2D eigenvalue weighted by Crippen LogP contribution is -2.27. The van der Waals surface area contributed by atoms with Gasteiger partial charge in [-0.2, -0.15) is 0 Å². The van der Waals surface area contributed by atoms with Gasteiger partial charge in [0.1, 0.15) is 0 Å². The number of carbonyl (C=O) groups excluding carboxylic acids is 1. The lowest BCUT2D eigenvalue weighted by Gasteiger charge is -2.09. The molecule has 0 radical (unpaired) electrons. The van der Waals surface area contributed by atoms with Crippen LogP contribution in [0.5, 0.6) is 0 Å². The van der Waals surface area contributed by atoms with Gasteiger partial charge >= 0.3 is 0 Å². The number of unbranched alkanes of at least 4 members (excludes halogenated alkanes) is 1. The second-order valence-corrected chi connectivity index (χ2v) is 7.21. The minimum Gasteiger partial charge on any atom is -0.381 e. The van der Waals surface area contributed by atoms with Crippen molar-refractivity contribution in [2.45, 2.75) is 37.5 Å². The Morgan fingerprint density at radius 2 is 1.86 bits per heavy atom. The summed E-state index contributed by atoms with van der Waals surface area (Å²) in [6, 6.07) is 6.59. The lowest BCUT2D eigenvalue weighted by atomic mass is 10.1. The van der Waals surface area contributed by atoms with Gasteiger partial charge in [0, 0.05) is 26.0 Å². The Hall–Kier alpha value is -1.40. The fourth-order valence-corrected chi connectivity index (χ4v) is 2.94. The number of rotatable bonds is 10. The van der Waals surface area contributed by atoms with Crippen molar-refractivity contribution in [3.63, 3.8) is 0 Å². The van der Waals surface area contributed by atoms with E-state index >= 15 is 0 Å². The molecule has 0 aliphatic carbocycles. The van der Waals surface area contributed by atoms with E-state index in [4.69, 9.17) is 4.74 Å². The number of sulfone groups is 1. The third-order valence-corrected chi connectivity index (χ3v) is 4.35.